The Morgan fingerprint density at radius 2 is 2.00 bits per heavy atom. The summed E-state index contributed by atoms with van der Waals surface area (Å²) in [4.78, 5) is 3.99. The van der Waals surface area contributed by atoms with Gasteiger partial charge in [-0.3, -0.25) is 0 Å². The Morgan fingerprint density at radius 1 is 1.31 bits per heavy atom. The standard InChI is InChI=1S/C10H9ClN2O2S/c1-6-4-7-2-3-9(12)13-10(7)8(5-6)16(11,14)15/h2-5H,1H3,(H2,12,13). The average molecular weight is 257 g/mol. The van der Waals surface area contributed by atoms with E-state index in [-0.39, 0.29) is 10.7 Å². The number of rotatable bonds is 1. The number of hydrogen-bond acceptors (Lipinski definition) is 4. The van der Waals surface area contributed by atoms with Crippen molar-refractivity contribution in [2.24, 2.45) is 0 Å². The fourth-order valence-electron chi connectivity index (χ4n) is 1.55. The molecule has 0 spiro atoms. The fourth-order valence-corrected chi connectivity index (χ4v) is 2.62. The highest BCUT2D eigenvalue weighted by Crippen LogP contribution is 2.26. The summed E-state index contributed by atoms with van der Waals surface area (Å²) in [5.74, 6) is 0.262. The molecule has 84 valence electrons. The monoisotopic (exact) mass is 256 g/mol. The van der Waals surface area contributed by atoms with Gasteiger partial charge in [0.2, 0.25) is 0 Å². The maximum atomic E-state index is 11.4. The molecule has 2 rings (SSSR count). The molecule has 1 heterocycles. The minimum atomic E-state index is -3.81. The molecule has 0 atom stereocenters. The lowest BCUT2D eigenvalue weighted by atomic mass is 10.1. The van der Waals surface area contributed by atoms with Crippen LogP contribution >= 0.6 is 10.7 Å². The molecule has 0 amide bonds. The predicted molar refractivity (Wildman–Crippen MR) is 63.9 cm³/mol. The first-order valence-corrected chi connectivity index (χ1v) is 6.80. The quantitative estimate of drug-likeness (QED) is 0.793. The first-order chi connectivity index (χ1) is 7.38. The van der Waals surface area contributed by atoms with Gasteiger partial charge in [0.05, 0.1) is 5.52 Å². The highest BCUT2D eigenvalue weighted by Gasteiger charge is 2.16. The Bertz CT molecular complexity index is 668. The van der Waals surface area contributed by atoms with Gasteiger partial charge in [-0.15, -0.1) is 0 Å². The Kier molecular flexibility index (Phi) is 2.52. The smallest absolute Gasteiger partial charge is 0.263 e. The molecule has 0 unspecified atom stereocenters. The van der Waals surface area contributed by atoms with Gasteiger partial charge in [0.15, 0.2) is 0 Å². The van der Waals surface area contributed by atoms with E-state index in [1.165, 1.54) is 6.07 Å². The molecule has 16 heavy (non-hydrogen) atoms. The second kappa shape index (κ2) is 3.61. The topological polar surface area (TPSA) is 73.0 Å². The minimum Gasteiger partial charge on any atom is -0.384 e. The van der Waals surface area contributed by atoms with Crippen LogP contribution < -0.4 is 5.73 Å². The van der Waals surface area contributed by atoms with Gasteiger partial charge in [-0.2, -0.15) is 0 Å². The number of aryl methyl sites for hydroxylation is 1. The molecule has 0 fully saturated rings. The van der Waals surface area contributed by atoms with Crippen LogP contribution in [0.25, 0.3) is 10.9 Å². The van der Waals surface area contributed by atoms with E-state index in [0.717, 1.165) is 5.56 Å². The molecular weight excluding hydrogens is 248 g/mol. The number of halogens is 1. The van der Waals surface area contributed by atoms with E-state index in [4.69, 9.17) is 16.4 Å². The lowest BCUT2D eigenvalue weighted by Crippen LogP contribution is -1.97. The van der Waals surface area contributed by atoms with Crippen LogP contribution in [0.2, 0.25) is 0 Å². The number of nitrogens with zero attached hydrogens (tertiary/aromatic N) is 1. The molecule has 0 saturated heterocycles. The summed E-state index contributed by atoms with van der Waals surface area (Å²) in [6, 6.07) is 6.65. The van der Waals surface area contributed by atoms with Gasteiger partial charge in [-0.25, -0.2) is 13.4 Å². The van der Waals surface area contributed by atoms with Crippen molar-refractivity contribution in [3.05, 3.63) is 29.8 Å². The normalized spacial score (nSPS) is 11.9. The van der Waals surface area contributed by atoms with E-state index < -0.39 is 9.05 Å². The number of benzene rings is 1. The highest BCUT2D eigenvalue weighted by molar-refractivity contribution is 8.14. The zero-order valence-electron chi connectivity index (χ0n) is 8.44. The van der Waals surface area contributed by atoms with Gasteiger partial charge in [0, 0.05) is 16.1 Å². The maximum Gasteiger partial charge on any atom is 0.263 e. The van der Waals surface area contributed by atoms with Crippen molar-refractivity contribution in [3.63, 3.8) is 0 Å². The van der Waals surface area contributed by atoms with Crippen LogP contribution in [0.5, 0.6) is 0 Å². The molecule has 4 nitrogen and oxygen atoms in total. The van der Waals surface area contributed by atoms with Crippen LogP contribution in [0.3, 0.4) is 0 Å². The number of aromatic nitrogens is 1. The van der Waals surface area contributed by atoms with E-state index in [9.17, 15) is 8.42 Å². The van der Waals surface area contributed by atoms with Gasteiger partial charge < -0.3 is 5.73 Å². The number of pyridine rings is 1. The van der Waals surface area contributed by atoms with Gasteiger partial charge in [-0.05, 0) is 36.8 Å². The molecule has 2 N–H and O–H groups in total. The van der Waals surface area contributed by atoms with E-state index in [2.05, 4.69) is 4.98 Å². The van der Waals surface area contributed by atoms with Crippen molar-refractivity contribution in [3.8, 4) is 0 Å². The largest absolute Gasteiger partial charge is 0.384 e. The molecule has 0 aliphatic carbocycles. The molecule has 1 aromatic heterocycles. The summed E-state index contributed by atoms with van der Waals surface area (Å²) >= 11 is 0. The number of nitrogens with two attached hydrogens (primary N) is 1. The van der Waals surface area contributed by atoms with Gasteiger partial charge in [0.1, 0.15) is 10.7 Å². The molecule has 6 heteroatoms. The summed E-state index contributed by atoms with van der Waals surface area (Å²) in [5, 5.41) is 0.702. The molecule has 0 aliphatic rings. The van der Waals surface area contributed by atoms with Gasteiger partial charge in [-0.1, -0.05) is 0 Å². The lowest BCUT2D eigenvalue weighted by molar-refractivity contribution is 0.610. The summed E-state index contributed by atoms with van der Waals surface area (Å²) in [6.45, 7) is 1.79. The van der Waals surface area contributed by atoms with Crippen molar-refractivity contribution in [1.29, 1.82) is 0 Å². The predicted octanol–water partition coefficient (Wildman–Crippen LogP) is 2.05. The summed E-state index contributed by atoms with van der Waals surface area (Å²) in [6.07, 6.45) is 0. The number of hydrogen-bond donors (Lipinski definition) is 1. The zero-order chi connectivity index (χ0) is 11.9. The van der Waals surface area contributed by atoms with Crippen LogP contribution in [0, 0.1) is 6.92 Å². The molecule has 2 aromatic rings. The zero-order valence-corrected chi connectivity index (χ0v) is 10.0. The van der Waals surface area contributed by atoms with Crippen molar-refractivity contribution in [2.75, 3.05) is 5.73 Å². The third-order valence-corrected chi connectivity index (χ3v) is 3.52. The maximum absolute atomic E-state index is 11.4. The first kappa shape index (κ1) is 11.2. The van der Waals surface area contributed by atoms with Crippen LogP contribution in [-0.2, 0) is 9.05 Å². The number of anilines is 1. The lowest BCUT2D eigenvalue weighted by Gasteiger charge is -2.05. The van der Waals surface area contributed by atoms with Gasteiger partial charge >= 0.3 is 0 Å². The number of fused-ring (bicyclic) bond motifs is 1. The van der Waals surface area contributed by atoms with Crippen molar-refractivity contribution in [2.45, 2.75) is 11.8 Å². The molecule has 0 aliphatic heterocycles. The second-order valence-corrected chi connectivity index (χ2v) is 6.04. The van der Waals surface area contributed by atoms with E-state index >= 15 is 0 Å². The van der Waals surface area contributed by atoms with E-state index in [1.807, 2.05) is 6.07 Å². The summed E-state index contributed by atoms with van der Waals surface area (Å²) in [5.41, 5.74) is 6.64. The fraction of sp³-hybridized carbons (Fsp3) is 0.100. The Hall–Kier alpha value is -1.33. The first-order valence-electron chi connectivity index (χ1n) is 4.49. The van der Waals surface area contributed by atoms with Crippen LogP contribution in [-0.4, -0.2) is 13.4 Å². The average Bonchev–Trinajstić information content (AvgIpc) is 2.16. The minimum absolute atomic E-state index is 0.00327. The third-order valence-electron chi connectivity index (χ3n) is 2.19. The van der Waals surface area contributed by atoms with Crippen LogP contribution in [0.4, 0.5) is 5.82 Å². The van der Waals surface area contributed by atoms with E-state index in [0.29, 0.717) is 10.9 Å². The Morgan fingerprint density at radius 3 is 2.62 bits per heavy atom. The van der Waals surface area contributed by atoms with Crippen LogP contribution in [0.1, 0.15) is 5.56 Å². The summed E-state index contributed by atoms with van der Waals surface area (Å²) < 4.78 is 22.8. The SMILES string of the molecule is Cc1cc(S(=O)(=O)Cl)c2nc(N)ccc2c1. The molecule has 0 saturated carbocycles. The third kappa shape index (κ3) is 1.96. The molecule has 0 radical (unpaired) electrons. The van der Waals surface area contributed by atoms with Crippen molar-refractivity contribution < 1.29 is 8.42 Å². The molecule has 0 bridgehead atoms. The van der Waals surface area contributed by atoms with Crippen molar-refractivity contribution in [1.82, 2.24) is 4.98 Å². The van der Waals surface area contributed by atoms with Crippen LogP contribution in [0.15, 0.2) is 29.2 Å². The second-order valence-electron chi connectivity index (χ2n) is 3.51. The molecule has 1 aromatic carbocycles. The number of nitrogen functional groups attached to an aromatic ring is 1. The van der Waals surface area contributed by atoms with Gasteiger partial charge in [0.25, 0.3) is 9.05 Å². The van der Waals surface area contributed by atoms with Crippen molar-refractivity contribution >= 4 is 36.5 Å². The summed E-state index contributed by atoms with van der Waals surface area (Å²) in [7, 11) is 1.54. The highest BCUT2D eigenvalue weighted by atomic mass is 35.7. The Labute approximate surface area is 97.5 Å². The Balaban J connectivity index is 2.96. The molecular formula is C10H9ClN2O2S. The van der Waals surface area contributed by atoms with E-state index in [1.54, 1.807) is 19.1 Å².